The third-order valence-electron chi connectivity index (χ3n) is 4.17. The molecule has 3 rings (SSSR count). The molecule has 0 bridgehead atoms. The number of thioether (sulfide) groups is 1. The van der Waals surface area contributed by atoms with Crippen LogP contribution in [0.5, 0.6) is 0 Å². The lowest BCUT2D eigenvalue weighted by atomic mass is 10.2. The summed E-state index contributed by atoms with van der Waals surface area (Å²) < 4.78 is -0.443. The molecule has 1 heterocycles. The highest BCUT2D eigenvalue weighted by atomic mass is 35.5. The van der Waals surface area contributed by atoms with Crippen molar-refractivity contribution in [1.82, 2.24) is 4.98 Å². The van der Waals surface area contributed by atoms with Crippen molar-refractivity contribution in [1.29, 1.82) is 0 Å². The molecule has 2 aromatic rings. The van der Waals surface area contributed by atoms with E-state index in [1.54, 1.807) is 11.8 Å². The predicted octanol–water partition coefficient (Wildman–Crippen LogP) is 5.86. The standard InChI is InChI=1S/C18H21ClN2OS2/c1-18(2,24-14-5-3-4-6-14)16(22)21-17-20-15(11-23-17)12-7-9-13(19)10-8-12/h7-11,14H,3-6H2,1-2H3,(H,20,21,22). The van der Waals surface area contributed by atoms with Crippen LogP contribution in [0, 0.1) is 0 Å². The summed E-state index contributed by atoms with van der Waals surface area (Å²) >= 11 is 9.16. The number of carbonyl (C=O) groups is 1. The van der Waals surface area contributed by atoms with Gasteiger partial charge in [0.15, 0.2) is 5.13 Å². The lowest BCUT2D eigenvalue weighted by molar-refractivity contribution is -0.117. The van der Waals surface area contributed by atoms with E-state index in [9.17, 15) is 4.79 Å². The van der Waals surface area contributed by atoms with Gasteiger partial charge in [0.2, 0.25) is 5.91 Å². The number of thiazole rings is 1. The van der Waals surface area contributed by atoms with Gasteiger partial charge in [0.1, 0.15) is 0 Å². The summed E-state index contributed by atoms with van der Waals surface area (Å²) in [6.07, 6.45) is 5.01. The number of nitrogens with one attached hydrogen (secondary N) is 1. The van der Waals surface area contributed by atoms with Crippen molar-refractivity contribution in [2.75, 3.05) is 5.32 Å². The van der Waals surface area contributed by atoms with Crippen LogP contribution in [0.25, 0.3) is 11.3 Å². The molecule has 6 heteroatoms. The number of hydrogen-bond donors (Lipinski definition) is 1. The lowest BCUT2D eigenvalue weighted by Crippen LogP contribution is -2.35. The van der Waals surface area contributed by atoms with Gasteiger partial charge in [0.25, 0.3) is 0 Å². The molecule has 1 saturated carbocycles. The second kappa shape index (κ2) is 7.46. The van der Waals surface area contributed by atoms with Gasteiger partial charge in [-0.2, -0.15) is 0 Å². The summed E-state index contributed by atoms with van der Waals surface area (Å²) in [5.74, 6) is 0.0245. The van der Waals surface area contributed by atoms with Crippen molar-refractivity contribution in [2.24, 2.45) is 0 Å². The average molecular weight is 381 g/mol. The first kappa shape index (κ1) is 17.8. The topological polar surface area (TPSA) is 42.0 Å². The van der Waals surface area contributed by atoms with Crippen LogP contribution >= 0.6 is 34.7 Å². The Hall–Kier alpha value is -1.04. The molecular weight excluding hydrogens is 360 g/mol. The molecule has 24 heavy (non-hydrogen) atoms. The number of carbonyl (C=O) groups excluding carboxylic acids is 1. The van der Waals surface area contributed by atoms with Crippen molar-refractivity contribution in [3.8, 4) is 11.3 Å². The third kappa shape index (κ3) is 4.32. The number of halogens is 1. The van der Waals surface area contributed by atoms with Crippen LogP contribution in [-0.2, 0) is 4.79 Å². The zero-order valence-electron chi connectivity index (χ0n) is 13.8. The van der Waals surface area contributed by atoms with Crippen LogP contribution in [0.2, 0.25) is 5.02 Å². The fraction of sp³-hybridized carbons (Fsp3) is 0.444. The largest absolute Gasteiger partial charge is 0.301 e. The molecule has 1 fully saturated rings. The molecule has 1 aromatic carbocycles. The van der Waals surface area contributed by atoms with Gasteiger partial charge in [-0.25, -0.2) is 4.98 Å². The summed E-state index contributed by atoms with van der Waals surface area (Å²) in [5.41, 5.74) is 1.85. The van der Waals surface area contributed by atoms with Crippen LogP contribution in [0.15, 0.2) is 29.6 Å². The van der Waals surface area contributed by atoms with E-state index in [1.165, 1.54) is 37.0 Å². The van der Waals surface area contributed by atoms with E-state index in [0.29, 0.717) is 15.4 Å². The van der Waals surface area contributed by atoms with Gasteiger partial charge in [-0.1, -0.05) is 36.6 Å². The smallest absolute Gasteiger partial charge is 0.241 e. The van der Waals surface area contributed by atoms with E-state index in [1.807, 2.05) is 43.5 Å². The minimum Gasteiger partial charge on any atom is -0.301 e. The van der Waals surface area contributed by atoms with E-state index >= 15 is 0 Å². The van der Waals surface area contributed by atoms with Crippen LogP contribution in [0.4, 0.5) is 5.13 Å². The fourth-order valence-electron chi connectivity index (χ4n) is 2.81. The van der Waals surface area contributed by atoms with Gasteiger partial charge < -0.3 is 5.32 Å². The minimum atomic E-state index is -0.443. The SMILES string of the molecule is CC(C)(SC1CCCC1)C(=O)Nc1nc(-c2ccc(Cl)cc2)cs1. The molecule has 3 nitrogen and oxygen atoms in total. The van der Waals surface area contributed by atoms with Crippen LogP contribution < -0.4 is 5.32 Å². The van der Waals surface area contributed by atoms with Crippen molar-refractivity contribution < 1.29 is 4.79 Å². The second-order valence-corrected chi connectivity index (χ2v) is 9.75. The van der Waals surface area contributed by atoms with Crippen LogP contribution in [-0.4, -0.2) is 20.9 Å². The normalized spacial score (nSPS) is 15.6. The van der Waals surface area contributed by atoms with Crippen molar-refractivity contribution >= 4 is 45.7 Å². The molecule has 1 N–H and O–H groups in total. The first-order valence-corrected chi connectivity index (χ1v) is 10.3. The van der Waals surface area contributed by atoms with E-state index < -0.39 is 4.75 Å². The fourth-order valence-corrected chi connectivity index (χ4v) is 5.21. The molecular formula is C18H21ClN2OS2. The molecule has 0 saturated heterocycles. The Labute approximate surface area is 156 Å². The highest BCUT2D eigenvalue weighted by molar-refractivity contribution is 8.02. The maximum Gasteiger partial charge on any atom is 0.241 e. The summed E-state index contributed by atoms with van der Waals surface area (Å²) in [7, 11) is 0. The Kier molecular flexibility index (Phi) is 5.52. The summed E-state index contributed by atoms with van der Waals surface area (Å²) in [6.45, 7) is 4.00. The molecule has 0 spiro atoms. The number of amides is 1. The number of rotatable bonds is 5. The number of hydrogen-bond acceptors (Lipinski definition) is 4. The Morgan fingerprint density at radius 1 is 1.29 bits per heavy atom. The average Bonchev–Trinajstić information content (AvgIpc) is 3.19. The highest BCUT2D eigenvalue weighted by Crippen LogP contribution is 2.38. The Morgan fingerprint density at radius 3 is 2.62 bits per heavy atom. The van der Waals surface area contributed by atoms with Gasteiger partial charge in [0, 0.05) is 21.2 Å². The van der Waals surface area contributed by atoms with Gasteiger partial charge in [-0.15, -0.1) is 23.1 Å². The van der Waals surface area contributed by atoms with Gasteiger partial charge in [-0.3, -0.25) is 4.79 Å². The van der Waals surface area contributed by atoms with Crippen molar-refractivity contribution in [2.45, 2.75) is 49.5 Å². The molecule has 0 atom stereocenters. The minimum absolute atomic E-state index is 0.0245. The zero-order chi connectivity index (χ0) is 17.2. The van der Waals surface area contributed by atoms with Gasteiger partial charge in [-0.05, 0) is 38.8 Å². The lowest BCUT2D eigenvalue weighted by Gasteiger charge is -2.25. The summed E-state index contributed by atoms with van der Waals surface area (Å²) in [4.78, 5) is 17.2. The Bertz CT molecular complexity index is 706. The number of benzene rings is 1. The summed E-state index contributed by atoms with van der Waals surface area (Å²) in [6, 6.07) is 7.55. The third-order valence-corrected chi connectivity index (χ3v) is 6.76. The molecule has 1 aromatic heterocycles. The van der Waals surface area contributed by atoms with E-state index in [2.05, 4.69) is 10.3 Å². The quantitative estimate of drug-likeness (QED) is 0.706. The monoisotopic (exact) mass is 380 g/mol. The maximum absolute atomic E-state index is 12.6. The molecule has 1 aliphatic rings. The highest BCUT2D eigenvalue weighted by Gasteiger charge is 2.33. The van der Waals surface area contributed by atoms with Crippen LogP contribution in [0.1, 0.15) is 39.5 Å². The molecule has 1 aliphatic carbocycles. The summed E-state index contributed by atoms with van der Waals surface area (Å²) in [5, 5.41) is 6.88. The molecule has 0 radical (unpaired) electrons. The zero-order valence-corrected chi connectivity index (χ0v) is 16.2. The predicted molar refractivity (Wildman–Crippen MR) is 105 cm³/mol. The van der Waals surface area contributed by atoms with E-state index in [-0.39, 0.29) is 5.91 Å². The second-order valence-electron chi connectivity index (χ2n) is 6.53. The molecule has 0 aliphatic heterocycles. The van der Waals surface area contributed by atoms with Crippen molar-refractivity contribution in [3.63, 3.8) is 0 Å². The van der Waals surface area contributed by atoms with Gasteiger partial charge in [0.05, 0.1) is 10.4 Å². The maximum atomic E-state index is 12.6. The Balaban J connectivity index is 1.65. The first-order chi connectivity index (χ1) is 11.4. The molecule has 0 unspecified atom stereocenters. The molecule has 128 valence electrons. The van der Waals surface area contributed by atoms with E-state index in [0.717, 1.165) is 11.3 Å². The van der Waals surface area contributed by atoms with Crippen LogP contribution in [0.3, 0.4) is 0 Å². The Morgan fingerprint density at radius 2 is 1.96 bits per heavy atom. The number of nitrogens with zero attached hydrogens (tertiary/aromatic N) is 1. The van der Waals surface area contributed by atoms with Gasteiger partial charge >= 0.3 is 0 Å². The van der Waals surface area contributed by atoms with E-state index in [4.69, 9.17) is 11.6 Å². The van der Waals surface area contributed by atoms with Crippen molar-refractivity contribution in [3.05, 3.63) is 34.7 Å². The first-order valence-electron chi connectivity index (χ1n) is 8.15. The molecule has 1 amide bonds. The number of aromatic nitrogens is 1. The number of anilines is 1.